The molecular formula is C32H29NO5. The van der Waals surface area contributed by atoms with Gasteiger partial charge in [0.05, 0.1) is 12.3 Å². The summed E-state index contributed by atoms with van der Waals surface area (Å²) in [6.45, 7) is 5.35. The molecule has 0 atom stereocenters. The van der Waals surface area contributed by atoms with Crippen LogP contribution in [0.1, 0.15) is 25.3 Å². The van der Waals surface area contributed by atoms with E-state index in [0.29, 0.717) is 30.4 Å². The number of aromatic nitrogens is 1. The van der Waals surface area contributed by atoms with E-state index < -0.39 is 11.6 Å². The van der Waals surface area contributed by atoms with Gasteiger partial charge in [-0.15, -0.1) is 0 Å². The van der Waals surface area contributed by atoms with Gasteiger partial charge in [-0.1, -0.05) is 54.6 Å². The predicted molar refractivity (Wildman–Crippen MR) is 148 cm³/mol. The first-order chi connectivity index (χ1) is 18.3. The highest BCUT2D eigenvalue weighted by Crippen LogP contribution is 2.31. The molecule has 0 aliphatic carbocycles. The number of oxazole rings is 1. The fraction of sp³-hybridized carbons (Fsp3) is 0.188. The fourth-order valence-electron chi connectivity index (χ4n) is 4.26. The number of rotatable bonds is 9. The van der Waals surface area contributed by atoms with E-state index in [2.05, 4.69) is 54.6 Å². The van der Waals surface area contributed by atoms with Crippen molar-refractivity contribution in [3.63, 3.8) is 0 Å². The summed E-state index contributed by atoms with van der Waals surface area (Å²) in [5, 5.41) is 11.7. The van der Waals surface area contributed by atoms with E-state index in [1.54, 1.807) is 24.3 Å². The Morgan fingerprint density at radius 1 is 0.868 bits per heavy atom. The Balaban J connectivity index is 1.22. The minimum Gasteiger partial charge on any atom is -0.493 e. The molecule has 38 heavy (non-hydrogen) atoms. The van der Waals surface area contributed by atoms with Crippen LogP contribution < -0.4 is 9.47 Å². The first kappa shape index (κ1) is 25.1. The van der Waals surface area contributed by atoms with Crippen LogP contribution in [-0.2, 0) is 11.2 Å². The van der Waals surface area contributed by atoms with Gasteiger partial charge in [-0.25, -0.2) is 9.78 Å². The van der Waals surface area contributed by atoms with Crippen LogP contribution in [0.2, 0.25) is 0 Å². The van der Waals surface area contributed by atoms with E-state index in [1.165, 1.54) is 30.2 Å². The van der Waals surface area contributed by atoms with Crippen LogP contribution in [0, 0.1) is 6.92 Å². The number of ether oxygens (including phenoxy) is 2. The van der Waals surface area contributed by atoms with Gasteiger partial charge in [0, 0.05) is 12.0 Å². The quantitative estimate of drug-likeness (QED) is 0.225. The summed E-state index contributed by atoms with van der Waals surface area (Å²) in [6.07, 6.45) is 0.591. The van der Waals surface area contributed by atoms with Gasteiger partial charge >= 0.3 is 5.97 Å². The van der Waals surface area contributed by atoms with Gasteiger partial charge in [0.2, 0.25) is 5.89 Å². The molecule has 0 saturated carbocycles. The van der Waals surface area contributed by atoms with Crippen LogP contribution in [0.15, 0.2) is 95.4 Å². The molecular weight excluding hydrogens is 478 g/mol. The Labute approximate surface area is 221 Å². The highest BCUT2D eigenvalue weighted by Gasteiger charge is 2.29. The molecule has 0 spiro atoms. The second-order valence-corrected chi connectivity index (χ2v) is 9.61. The van der Waals surface area contributed by atoms with Crippen LogP contribution in [0.5, 0.6) is 11.5 Å². The van der Waals surface area contributed by atoms with Crippen molar-refractivity contribution in [1.82, 2.24) is 4.98 Å². The average molecular weight is 508 g/mol. The molecule has 6 heteroatoms. The van der Waals surface area contributed by atoms with Crippen molar-refractivity contribution in [2.75, 3.05) is 6.61 Å². The highest BCUT2D eigenvalue weighted by molar-refractivity contribution is 5.96. The van der Waals surface area contributed by atoms with E-state index in [-0.39, 0.29) is 0 Å². The first-order valence-corrected chi connectivity index (χ1v) is 12.5. The molecule has 5 aromatic rings. The molecule has 6 nitrogen and oxygen atoms in total. The van der Waals surface area contributed by atoms with Crippen LogP contribution in [0.3, 0.4) is 0 Å². The van der Waals surface area contributed by atoms with E-state index >= 15 is 0 Å². The average Bonchev–Trinajstić information content (AvgIpc) is 3.29. The Hall–Kier alpha value is -4.58. The Morgan fingerprint density at radius 3 is 2.26 bits per heavy atom. The van der Waals surface area contributed by atoms with Gasteiger partial charge in [-0.3, -0.25) is 0 Å². The number of carboxylic acids is 1. The molecule has 0 radical (unpaired) electrons. The van der Waals surface area contributed by atoms with E-state index in [1.807, 2.05) is 19.1 Å². The standard InChI is InChI=1S/C32H29NO5/c1-21-29(19-20-36-25-15-17-26(18-16-25)38-32(2,3)31(34)35)33-30(37-21)24-13-11-23(12-14-24)28-10-6-8-22-7-4-5-9-27(22)28/h4-18H,19-20H2,1-3H3,(H,34,35). The molecule has 0 fully saturated rings. The van der Waals surface area contributed by atoms with Crippen molar-refractivity contribution in [2.45, 2.75) is 32.8 Å². The van der Waals surface area contributed by atoms with E-state index in [9.17, 15) is 9.90 Å². The Bertz CT molecular complexity index is 1560. The number of benzene rings is 4. The summed E-state index contributed by atoms with van der Waals surface area (Å²) >= 11 is 0. The molecule has 0 amide bonds. The molecule has 0 aliphatic rings. The van der Waals surface area contributed by atoms with Crippen LogP contribution in [-0.4, -0.2) is 28.3 Å². The molecule has 192 valence electrons. The SMILES string of the molecule is Cc1oc(-c2ccc(-c3cccc4ccccc34)cc2)nc1CCOc1ccc(OC(C)(C)C(=O)O)cc1. The largest absolute Gasteiger partial charge is 0.493 e. The molecule has 5 rings (SSSR count). The lowest BCUT2D eigenvalue weighted by Gasteiger charge is -2.21. The number of aryl methyl sites for hydroxylation is 1. The third kappa shape index (κ3) is 5.39. The summed E-state index contributed by atoms with van der Waals surface area (Å²) < 4.78 is 17.4. The normalized spacial score (nSPS) is 11.4. The summed E-state index contributed by atoms with van der Waals surface area (Å²) in [5.74, 6) is 1.45. The molecule has 0 unspecified atom stereocenters. The maximum absolute atomic E-state index is 11.2. The second-order valence-electron chi connectivity index (χ2n) is 9.61. The van der Waals surface area contributed by atoms with Gasteiger partial charge in [0.25, 0.3) is 0 Å². The fourth-order valence-corrected chi connectivity index (χ4v) is 4.26. The van der Waals surface area contributed by atoms with E-state index in [4.69, 9.17) is 18.9 Å². The van der Waals surface area contributed by atoms with Gasteiger partial charge in [-0.05, 0) is 79.1 Å². The highest BCUT2D eigenvalue weighted by atomic mass is 16.5. The minimum atomic E-state index is -1.30. The molecule has 0 bridgehead atoms. The number of carboxylic acid groups (broad SMARTS) is 1. The first-order valence-electron chi connectivity index (χ1n) is 12.5. The number of aliphatic carboxylic acids is 1. The number of hydrogen-bond acceptors (Lipinski definition) is 5. The summed E-state index contributed by atoms with van der Waals surface area (Å²) in [5.41, 5.74) is 2.80. The smallest absolute Gasteiger partial charge is 0.347 e. The lowest BCUT2D eigenvalue weighted by atomic mass is 9.97. The van der Waals surface area contributed by atoms with Crippen molar-refractivity contribution >= 4 is 16.7 Å². The number of carbonyl (C=O) groups is 1. The molecule has 1 aromatic heterocycles. The summed E-state index contributed by atoms with van der Waals surface area (Å²) in [4.78, 5) is 16.0. The van der Waals surface area contributed by atoms with Crippen molar-refractivity contribution in [2.24, 2.45) is 0 Å². The van der Waals surface area contributed by atoms with Gasteiger partial charge < -0.3 is 19.0 Å². The zero-order chi connectivity index (χ0) is 26.7. The van der Waals surface area contributed by atoms with Crippen molar-refractivity contribution < 1.29 is 23.8 Å². The van der Waals surface area contributed by atoms with Crippen molar-refractivity contribution in [3.8, 4) is 34.1 Å². The van der Waals surface area contributed by atoms with Gasteiger partial charge in [0.15, 0.2) is 5.60 Å². The molecule has 4 aromatic carbocycles. The zero-order valence-corrected chi connectivity index (χ0v) is 21.6. The maximum atomic E-state index is 11.2. The van der Waals surface area contributed by atoms with Crippen molar-refractivity contribution in [1.29, 1.82) is 0 Å². The topological polar surface area (TPSA) is 81.8 Å². The zero-order valence-electron chi connectivity index (χ0n) is 21.6. The summed E-state index contributed by atoms with van der Waals surface area (Å²) in [7, 11) is 0. The predicted octanol–water partition coefficient (Wildman–Crippen LogP) is 7.33. The lowest BCUT2D eigenvalue weighted by molar-refractivity contribution is -0.152. The van der Waals surface area contributed by atoms with Crippen molar-refractivity contribution in [3.05, 3.63) is 102 Å². The third-order valence-corrected chi connectivity index (χ3v) is 6.44. The minimum absolute atomic E-state index is 0.424. The van der Waals surface area contributed by atoms with Gasteiger partial charge in [0.1, 0.15) is 17.3 Å². The van der Waals surface area contributed by atoms with Crippen LogP contribution in [0.4, 0.5) is 0 Å². The molecule has 0 saturated heterocycles. The Morgan fingerprint density at radius 2 is 1.53 bits per heavy atom. The monoisotopic (exact) mass is 507 g/mol. The van der Waals surface area contributed by atoms with E-state index in [0.717, 1.165) is 22.6 Å². The number of fused-ring (bicyclic) bond motifs is 1. The Kier molecular flexibility index (Phi) is 6.88. The lowest BCUT2D eigenvalue weighted by Crippen LogP contribution is -2.37. The molecule has 1 N–H and O–H groups in total. The number of hydrogen-bond donors (Lipinski definition) is 1. The number of nitrogens with zero attached hydrogens (tertiary/aromatic N) is 1. The molecule has 1 heterocycles. The van der Waals surface area contributed by atoms with Gasteiger partial charge in [-0.2, -0.15) is 0 Å². The molecule has 0 aliphatic heterocycles. The van der Waals surface area contributed by atoms with Crippen LogP contribution in [0.25, 0.3) is 33.4 Å². The van der Waals surface area contributed by atoms with Crippen LogP contribution >= 0.6 is 0 Å². The summed E-state index contributed by atoms with van der Waals surface area (Å²) in [6, 6.07) is 29.9. The maximum Gasteiger partial charge on any atom is 0.347 e. The second kappa shape index (κ2) is 10.4. The third-order valence-electron chi connectivity index (χ3n) is 6.44.